The van der Waals surface area contributed by atoms with E-state index >= 15 is 0 Å². The predicted molar refractivity (Wildman–Crippen MR) is 93.0 cm³/mol. The van der Waals surface area contributed by atoms with Gasteiger partial charge in [-0.05, 0) is 50.5 Å². The minimum absolute atomic E-state index is 0.234. The number of carbonyl (C=O) groups is 1. The lowest BCUT2D eigenvalue weighted by Crippen LogP contribution is -2.36. The molecule has 2 aromatic rings. The average molecular weight is 330 g/mol. The van der Waals surface area contributed by atoms with E-state index in [1.54, 1.807) is 18.4 Å². The van der Waals surface area contributed by atoms with Crippen LogP contribution in [0.4, 0.5) is 0 Å². The number of hydrogen-bond donors (Lipinski definition) is 0. The minimum Gasteiger partial charge on any atom is -0.497 e. The fourth-order valence-electron chi connectivity index (χ4n) is 2.84. The number of amides is 1. The Hall–Kier alpha value is -1.88. The Labute approximate surface area is 141 Å². The monoisotopic (exact) mass is 330 g/mol. The molecule has 0 unspecified atom stereocenters. The van der Waals surface area contributed by atoms with Gasteiger partial charge >= 0.3 is 0 Å². The SMILES string of the molecule is COc1ccc(-c2nc(C)c(CC(=O)N3CCCCC3)s2)cc1. The van der Waals surface area contributed by atoms with E-state index in [-0.39, 0.29) is 5.91 Å². The van der Waals surface area contributed by atoms with Crippen molar-refractivity contribution in [2.24, 2.45) is 0 Å². The van der Waals surface area contributed by atoms with Gasteiger partial charge in [-0.3, -0.25) is 4.79 Å². The van der Waals surface area contributed by atoms with Crippen molar-refractivity contribution in [3.63, 3.8) is 0 Å². The van der Waals surface area contributed by atoms with Crippen molar-refractivity contribution >= 4 is 17.2 Å². The van der Waals surface area contributed by atoms with Crippen molar-refractivity contribution in [3.8, 4) is 16.3 Å². The highest BCUT2D eigenvalue weighted by atomic mass is 32.1. The van der Waals surface area contributed by atoms with Crippen molar-refractivity contribution in [2.75, 3.05) is 20.2 Å². The van der Waals surface area contributed by atoms with E-state index in [2.05, 4.69) is 4.98 Å². The molecule has 0 N–H and O–H groups in total. The molecule has 5 heteroatoms. The van der Waals surface area contributed by atoms with Gasteiger partial charge in [-0.1, -0.05) is 0 Å². The third-order valence-electron chi connectivity index (χ3n) is 4.25. The molecule has 1 aliphatic heterocycles. The maximum Gasteiger partial charge on any atom is 0.227 e. The van der Waals surface area contributed by atoms with Crippen molar-refractivity contribution < 1.29 is 9.53 Å². The van der Waals surface area contributed by atoms with Gasteiger partial charge in [-0.2, -0.15) is 0 Å². The highest BCUT2D eigenvalue weighted by molar-refractivity contribution is 7.15. The van der Waals surface area contributed by atoms with Gasteiger partial charge in [0.2, 0.25) is 5.91 Å². The van der Waals surface area contributed by atoms with Crippen LogP contribution in [0.5, 0.6) is 5.75 Å². The van der Waals surface area contributed by atoms with Gasteiger partial charge in [0, 0.05) is 23.5 Å². The number of ether oxygens (including phenoxy) is 1. The number of aromatic nitrogens is 1. The van der Waals surface area contributed by atoms with Gasteiger partial charge in [-0.15, -0.1) is 11.3 Å². The summed E-state index contributed by atoms with van der Waals surface area (Å²) in [6.07, 6.45) is 3.97. The van der Waals surface area contributed by atoms with Crippen LogP contribution in [0.15, 0.2) is 24.3 Å². The fraction of sp³-hybridized carbons (Fsp3) is 0.444. The first-order chi connectivity index (χ1) is 11.2. The van der Waals surface area contributed by atoms with E-state index in [1.807, 2.05) is 36.1 Å². The second-order valence-electron chi connectivity index (χ2n) is 5.87. The molecule has 23 heavy (non-hydrogen) atoms. The third-order valence-corrected chi connectivity index (χ3v) is 5.46. The Kier molecular flexibility index (Phi) is 4.96. The molecule has 2 heterocycles. The van der Waals surface area contributed by atoms with Gasteiger partial charge < -0.3 is 9.64 Å². The molecule has 1 aromatic carbocycles. The molecular weight excluding hydrogens is 308 g/mol. The topological polar surface area (TPSA) is 42.4 Å². The lowest BCUT2D eigenvalue weighted by molar-refractivity contribution is -0.131. The van der Waals surface area contributed by atoms with Gasteiger partial charge in [-0.25, -0.2) is 4.98 Å². The summed E-state index contributed by atoms with van der Waals surface area (Å²) in [6.45, 7) is 3.80. The van der Waals surface area contributed by atoms with Crippen LogP contribution in [-0.2, 0) is 11.2 Å². The van der Waals surface area contributed by atoms with Crippen molar-refractivity contribution in [2.45, 2.75) is 32.6 Å². The first-order valence-corrected chi connectivity index (χ1v) is 8.87. The van der Waals surface area contributed by atoms with E-state index in [0.717, 1.165) is 52.8 Å². The van der Waals surface area contributed by atoms with Gasteiger partial charge in [0.1, 0.15) is 10.8 Å². The summed E-state index contributed by atoms with van der Waals surface area (Å²) in [5.41, 5.74) is 2.03. The largest absolute Gasteiger partial charge is 0.497 e. The van der Waals surface area contributed by atoms with Crippen LogP contribution in [0.25, 0.3) is 10.6 Å². The lowest BCUT2D eigenvalue weighted by atomic mass is 10.1. The molecule has 1 amide bonds. The maximum absolute atomic E-state index is 12.4. The molecule has 0 aliphatic carbocycles. The Bertz CT molecular complexity index is 673. The molecule has 0 radical (unpaired) electrons. The summed E-state index contributed by atoms with van der Waals surface area (Å²) in [7, 11) is 1.66. The molecular formula is C18H22N2O2S. The summed E-state index contributed by atoms with van der Waals surface area (Å²) in [5.74, 6) is 1.07. The van der Waals surface area contributed by atoms with Crippen LogP contribution in [0, 0.1) is 6.92 Å². The highest BCUT2D eigenvalue weighted by Crippen LogP contribution is 2.29. The molecule has 4 nitrogen and oxygen atoms in total. The quantitative estimate of drug-likeness (QED) is 0.859. The maximum atomic E-state index is 12.4. The van der Waals surface area contributed by atoms with Crippen LogP contribution in [0.2, 0.25) is 0 Å². The molecule has 3 rings (SSSR count). The molecule has 0 atom stereocenters. The lowest BCUT2D eigenvalue weighted by Gasteiger charge is -2.26. The number of aryl methyl sites for hydroxylation is 1. The Morgan fingerprint density at radius 1 is 1.22 bits per heavy atom. The summed E-state index contributed by atoms with van der Waals surface area (Å²) in [5, 5.41) is 0.964. The van der Waals surface area contributed by atoms with E-state index in [4.69, 9.17) is 4.74 Å². The standard InChI is InChI=1S/C18H22N2O2S/c1-13-16(12-17(21)20-10-4-3-5-11-20)23-18(19-13)14-6-8-15(22-2)9-7-14/h6-9H,3-5,10-12H2,1-2H3. The highest BCUT2D eigenvalue weighted by Gasteiger charge is 2.19. The van der Waals surface area contributed by atoms with Crippen LogP contribution >= 0.6 is 11.3 Å². The third kappa shape index (κ3) is 3.72. The van der Waals surface area contributed by atoms with Gasteiger partial charge in [0.25, 0.3) is 0 Å². The minimum atomic E-state index is 0.234. The number of carbonyl (C=O) groups excluding carboxylic acids is 1. The number of methoxy groups -OCH3 is 1. The summed E-state index contributed by atoms with van der Waals surface area (Å²) in [6, 6.07) is 7.88. The van der Waals surface area contributed by atoms with E-state index in [1.165, 1.54) is 6.42 Å². The first kappa shape index (κ1) is 16.0. The van der Waals surface area contributed by atoms with Crippen LogP contribution in [0.3, 0.4) is 0 Å². The zero-order valence-corrected chi connectivity index (χ0v) is 14.5. The zero-order chi connectivity index (χ0) is 16.2. The second-order valence-corrected chi connectivity index (χ2v) is 6.96. The summed E-state index contributed by atoms with van der Waals surface area (Å²) >= 11 is 1.62. The number of thiazole rings is 1. The van der Waals surface area contributed by atoms with E-state index in [0.29, 0.717) is 6.42 Å². The number of nitrogens with zero attached hydrogens (tertiary/aromatic N) is 2. The summed E-state index contributed by atoms with van der Waals surface area (Å²) < 4.78 is 5.19. The number of likely N-dealkylation sites (tertiary alicyclic amines) is 1. The number of hydrogen-bond acceptors (Lipinski definition) is 4. The van der Waals surface area contributed by atoms with Crippen molar-refractivity contribution in [1.82, 2.24) is 9.88 Å². The fourth-order valence-corrected chi connectivity index (χ4v) is 3.90. The molecule has 1 aliphatic rings. The molecule has 0 saturated carbocycles. The second kappa shape index (κ2) is 7.13. The Morgan fingerprint density at radius 3 is 2.57 bits per heavy atom. The molecule has 0 bridgehead atoms. The Morgan fingerprint density at radius 2 is 1.91 bits per heavy atom. The van der Waals surface area contributed by atoms with Crippen LogP contribution in [-0.4, -0.2) is 36.0 Å². The molecule has 122 valence electrons. The van der Waals surface area contributed by atoms with Crippen LogP contribution < -0.4 is 4.74 Å². The van der Waals surface area contributed by atoms with Crippen molar-refractivity contribution in [1.29, 1.82) is 0 Å². The average Bonchev–Trinajstić information content (AvgIpc) is 2.96. The normalized spacial score (nSPS) is 14.8. The Balaban J connectivity index is 1.73. The van der Waals surface area contributed by atoms with E-state index in [9.17, 15) is 4.79 Å². The smallest absolute Gasteiger partial charge is 0.227 e. The molecule has 1 fully saturated rings. The number of piperidine rings is 1. The molecule has 1 saturated heterocycles. The summed E-state index contributed by atoms with van der Waals surface area (Å²) in [4.78, 5) is 20.1. The number of benzene rings is 1. The first-order valence-electron chi connectivity index (χ1n) is 8.06. The van der Waals surface area contributed by atoms with Gasteiger partial charge in [0.05, 0.1) is 19.2 Å². The number of rotatable bonds is 4. The molecule has 1 aromatic heterocycles. The van der Waals surface area contributed by atoms with Gasteiger partial charge in [0.15, 0.2) is 0 Å². The zero-order valence-electron chi connectivity index (χ0n) is 13.7. The predicted octanol–water partition coefficient (Wildman–Crippen LogP) is 3.68. The van der Waals surface area contributed by atoms with Crippen molar-refractivity contribution in [3.05, 3.63) is 34.8 Å². The van der Waals surface area contributed by atoms with Crippen LogP contribution in [0.1, 0.15) is 29.8 Å². The molecule has 0 spiro atoms. The van der Waals surface area contributed by atoms with E-state index < -0.39 is 0 Å².